The molecule has 0 aliphatic rings. The molecular formula is C11H8Cl2N2O2. The molecular weight excluding hydrogens is 263 g/mol. The first kappa shape index (κ1) is 12.0. The summed E-state index contributed by atoms with van der Waals surface area (Å²) in [5.41, 5.74) is 0. The molecule has 0 amide bonds. The lowest BCUT2D eigenvalue weighted by molar-refractivity contribution is 0.0837. The van der Waals surface area contributed by atoms with Crippen LogP contribution in [0.1, 0.15) is 4.79 Å². The normalized spacial score (nSPS) is 10.2. The average Bonchev–Trinajstić information content (AvgIpc) is 2.84. The Balaban J connectivity index is 1.98. The molecule has 0 radical (unpaired) electrons. The lowest BCUT2D eigenvalue weighted by Gasteiger charge is -2.06. The molecule has 1 aromatic carbocycles. The number of hydrogen-bond acceptors (Lipinski definition) is 3. The fraction of sp³-hybridized carbons (Fsp3) is 0.0909. The van der Waals surface area contributed by atoms with Gasteiger partial charge in [-0.05, 0) is 12.1 Å². The summed E-state index contributed by atoms with van der Waals surface area (Å²) in [5.74, 6) is 0.279. The molecule has 0 atom stereocenters. The summed E-state index contributed by atoms with van der Waals surface area (Å²) in [4.78, 5) is 15.3. The second-order valence-electron chi connectivity index (χ2n) is 3.23. The summed E-state index contributed by atoms with van der Waals surface area (Å²) >= 11 is 11.6. The molecule has 0 aliphatic carbocycles. The predicted octanol–water partition coefficient (Wildman–Crippen LogP) is 2.91. The molecule has 1 aromatic heterocycles. The highest BCUT2D eigenvalue weighted by Gasteiger charge is 2.06. The van der Waals surface area contributed by atoms with Gasteiger partial charge in [-0.2, -0.15) is 0 Å². The van der Waals surface area contributed by atoms with Crippen LogP contribution in [0, 0.1) is 0 Å². The average molecular weight is 271 g/mol. The van der Waals surface area contributed by atoms with Crippen molar-refractivity contribution in [2.24, 2.45) is 0 Å². The van der Waals surface area contributed by atoms with E-state index >= 15 is 0 Å². The zero-order valence-electron chi connectivity index (χ0n) is 8.64. The number of hydrogen-bond donors (Lipinski definition) is 0. The van der Waals surface area contributed by atoms with Gasteiger partial charge in [0.15, 0.2) is 6.61 Å². The molecule has 0 fully saturated rings. The van der Waals surface area contributed by atoms with Crippen LogP contribution in [0.4, 0.5) is 0 Å². The summed E-state index contributed by atoms with van der Waals surface area (Å²) in [5, 5.41) is 0.833. The SMILES string of the molecule is O=C(COc1ccc(Cl)c(Cl)c1)n1ccnc1. The summed E-state index contributed by atoms with van der Waals surface area (Å²) in [7, 11) is 0. The highest BCUT2D eigenvalue weighted by Crippen LogP contribution is 2.26. The van der Waals surface area contributed by atoms with Gasteiger partial charge >= 0.3 is 0 Å². The maximum absolute atomic E-state index is 11.6. The van der Waals surface area contributed by atoms with E-state index in [-0.39, 0.29) is 12.5 Å². The van der Waals surface area contributed by atoms with Crippen molar-refractivity contribution in [1.29, 1.82) is 0 Å². The Bertz CT molecular complexity index is 526. The molecule has 0 aliphatic heterocycles. The predicted molar refractivity (Wildman–Crippen MR) is 64.8 cm³/mol. The molecule has 6 heteroatoms. The van der Waals surface area contributed by atoms with Gasteiger partial charge in [0.2, 0.25) is 0 Å². The van der Waals surface area contributed by atoms with E-state index < -0.39 is 0 Å². The van der Waals surface area contributed by atoms with Gasteiger partial charge in [-0.3, -0.25) is 9.36 Å². The largest absolute Gasteiger partial charge is 0.484 e. The van der Waals surface area contributed by atoms with Crippen LogP contribution in [0.25, 0.3) is 0 Å². The van der Waals surface area contributed by atoms with Crippen molar-refractivity contribution < 1.29 is 9.53 Å². The summed E-state index contributed by atoms with van der Waals surface area (Å²) in [6, 6.07) is 4.82. The first-order valence-corrected chi connectivity index (χ1v) is 5.51. The van der Waals surface area contributed by atoms with Crippen molar-refractivity contribution in [3.63, 3.8) is 0 Å². The van der Waals surface area contributed by atoms with E-state index in [0.717, 1.165) is 0 Å². The van der Waals surface area contributed by atoms with Crippen molar-refractivity contribution in [2.75, 3.05) is 6.61 Å². The number of aromatic nitrogens is 2. The lowest BCUT2D eigenvalue weighted by Crippen LogP contribution is -2.17. The van der Waals surface area contributed by atoms with Crippen LogP contribution < -0.4 is 4.74 Å². The van der Waals surface area contributed by atoms with E-state index in [9.17, 15) is 4.79 Å². The van der Waals surface area contributed by atoms with Gasteiger partial charge in [-0.1, -0.05) is 23.2 Å². The standard InChI is InChI=1S/C11H8Cl2N2O2/c12-9-2-1-8(5-10(9)13)17-6-11(16)15-4-3-14-7-15/h1-5,7H,6H2. The van der Waals surface area contributed by atoms with Gasteiger partial charge in [0, 0.05) is 18.5 Å². The Kier molecular flexibility index (Phi) is 3.66. The molecule has 1 heterocycles. The number of benzene rings is 1. The van der Waals surface area contributed by atoms with E-state index in [2.05, 4.69) is 4.98 Å². The second kappa shape index (κ2) is 5.21. The minimum absolute atomic E-state index is 0.0890. The Morgan fingerprint density at radius 3 is 2.82 bits per heavy atom. The number of carbonyl (C=O) groups excluding carboxylic acids is 1. The van der Waals surface area contributed by atoms with Gasteiger partial charge in [0.25, 0.3) is 5.91 Å². The van der Waals surface area contributed by atoms with Gasteiger partial charge in [-0.25, -0.2) is 4.98 Å². The van der Waals surface area contributed by atoms with Gasteiger partial charge in [0.1, 0.15) is 12.1 Å². The number of halogens is 2. The van der Waals surface area contributed by atoms with E-state index in [1.54, 1.807) is 24.4 Å². The molecule has 2 rings (SSSR count). The molecule has 17 heavy (non-hydrogen) atoms. The van der Waals surface area contributed by atoms with Gasteiger partial charge in [0.05, 0.1) is 10.0 Å². The third-order valence-electron chi connectivity index (χ3n) is 2.05. The smallest absolute Gasteiger partial charge is 0.269 e. The minimum atomic E-state index is -0.214. The minimum Gasteiger partial charge on any atom is -0.484 e. The zero-order valence-corrected chi connectivity index (χ0v) is 10.1. The molecule has 0 N–H and O–H groups in total. The topological polar surface area (TPSA) is 44.1 Å². The Morgan fingerprint density at radius 2 is 2.18 bits per heavy atom. The van der Waals surface area contributed by atoms with Crippen LogP contribution in [0.5, 0.6) is 5.75 Å². The zero-order chi connectivity index (χ0) is 12.3. The molecule has 0 unspecified atom stereocenters. The summed E-state index contributed by atoms with van der Waals surface area (Å²) in [6.07, 6.45) is 4.50. The fourth-order valence-electron chi connectivity index (χ4n) is 1.19. The number of imidazole rings is 1. The summed E-state index contributed by atoms with van der Waals surface area (Å²) in [6.45, 7) is -0.0890. The fourth-order valence-corrected chi connectivity index (χ4v) is 1.48. The van der Waals surface area contributed by atoms with Crippen molar-refractivity contribution in [1.82, 2.24) is 9.55 Å². The second-order valence-corrected chi connectivity index (χ2v) is 4.04. The van der Waals surface area contributed by atoms with Crippen LogP contribution in [0.15, 0.2) is 36.9 Å². The first-order chi connectivity index (χ1) is 8.16. The van der Waals surface area contributed by atoms with E-state index in [1.165, 1.54) is 17.1 Å². The Labute approximate surface area is 108 Å². The van der Waals surface area contributed by atoms with Gasteiger partial charge < -0.3 is 4.74 Å². The van der Waals surface area contributed by atoms with Crippen LogP contribution in [0.2, 0.25) is 10.0 Å². The molecule has 0 bridgehead atoms. The number of rotatable bonds is 3. The van der Waals surface area contributed by atoms with Crippen LogP contribution in [0.3, 0.4) is 0 Å². The maximum atomic E-state index is 11.6. The van der Waals surface area contributed by atoms with Crippen molar-refractivity contribution in [2.45, 2.75) is 0 Å². The Hall–Kier alpha value is -1.52. The number of ether oxygens (including phenoxy) is 1. The van der Waals surface area contributed by atoms with Crippen LogP contribution in [-0.4, -0.2) is 22.1 Å². The third-order valence-corrected chi connectivity index (χ3v) is 2.78. The quantitative estimate of drug-likeness (QED) is 0.862. The highest BCUT2D eigenvalue weighted by molar-refractivity contribution is 6.42. The number of carbonyl (C=O) groups is 1. The van der Waals surface area contributed by atoms with Crippen molar-refractivity contribution in [3.05, 3.63) is 47.0 Å². The molecule has 0 saturated heterocycles. The van der Waals surface area contributed by atoms with Crippen molar-refractivity contribution >= 4 is 29.1 Å². The first-order valence-electron chi connectivity index (χ1n) is 4.76. The Morgan fingerprint density at radius 1 is 1.35 bits per heavy atom. The highest BCUT2D eigenvalue weighted by atomic mass is 35.5. The molecule has 4 nitrogen and oxygen atoms in total. The van der Waals surface area contributed by atoms with Crippen LogP contribution >= 0.6 is 23.2 Å². The molecule has 88 valence electrons. The molecule has 0 saturated carbocycles. The molecule has 2 aromatic rings. The number of nitrogens with zero attached hydrogens (tertiary/aromatic N) is 2. The van der Waals surface area contributed by atoms with E-state index in [4.69, 9.17) is 27.9 Å². The summed E-state index contributed by atoms with van der Waals surface area (Å²) < 4.78 is 6.63. The van der Waals surface area contributed by atoms with E-state index in [1.807, 2.05) is 0 Å². The lowest BCUT2D eigenvalue weighted by atomic mass is 10.3. The van der Waals surface area contributed by atoms with Gasteiger partial charge in [-0.15, -0.1) is 0 Å². The maximum Gasteiger partial charge on any atom is 0.269 e. The monoisotopic (exact) mass is 270 g/mol. The molecule has 0 spiro atoms. The van der Waals surface area contributed by atoms with Crippen molar-refractivity contribution in [3.8, 4) is 5.75 Å². The van der Waals surface area contributed by atoms with Crippen LogP contribution in [-0.2, 0) is 0 Å². The van der Waals surface area contributed by atoms with E-state index in [0.29, 0.717) is 15.8 Å². The third kappa shape index (κ3) is 2.99.